The van der Waals surface area contributed by atoms with Crippen molar-refractivity contribution in [1.29, 1.82) is 0 Å². The Kier molecular flexibility index (Phi) is 5.81. The number of anilines is 1. The van der Waals surface area contributed by atoms with Crippen LogP contribution in [0.1, 0.15) is 10.4 Å². The Morgan fingerprint density at radius 3 is 2.35 bits per heavy atom. The molecule has 1 aromatic heterocycles. The number of fused-ring (bicyclic) bond motifs is 1. The normalized spacial score (nSPS) is 13.9. The number of halogens is 1. The molecular formula is C22H20ClN3O5. The molecule has 1 N–H and O–H groups in total. The lowest BCUT2D eigenvalue weighted by molar-refractivity contribution is 0.0667. The highest BCUT2D eigenvalue weighted by molar-refractivity contribution is 6.30. The number of ether oxygens (including phenoxy) is 1. The van der Waals surface area contributed by atoms with Crippen LogP contribution in [0.5, 0.6) is 5.75 Å². The molecular weight excluding hydrogens is 422 g/mol. The highest BCUT2D eigenvalue weighted by atomic mass is 35.5. The average Bonchev–Trinajstić information content (AvgIpc) is 2.79. The third-order valence-electron chi connectivity index (χ3n) is 5.12. The Balaban J connectivity index is 1.42. The number of rotatable bonds is 3. The van der Waals surface area contributed by atoms with Gasteiger partial charge in [-0.25, -0.2) is 9.59 Å². The first-order valence-corrected chi connectivity index (χ1v) is 10.0. The van der Waals surface area contributed by atoms with Gasteiger partial charge in [0.15, 0.2) is 0 Å². The Bertz CT molecular complexity index is 1180. The fraction of sp³-hybridized carbons (Fsp3) is 0.227. The van der Waals surface area contributed by atoms with Crippen molar-refractivity contribution in [3.8, 4) is 5.75 Å². The lowest BCUT2D eigenvalue weighted by atomic mass is 10.1. The van der Waals surface area contributed by atoms with Gasteiger partial charge in [-0.1, -0.05) is 11.6 Å². The summed E-state index contributed by atoms with van der Waals surface area (Å²) in [5.41, 5.74) is 0.258. The van der Waals surface area contributed by atoms with Gasteiger partial charge in [0.1, 0.15) is 16.9 Å². The van der Waals surface area contributed by atoms with Crippen LogP contribution in [0.3, 0.4) is 0 Å². The van der Waals surface area contributed by atoms with E-state index in [-0.39, 0.29) is 11.6 Å². The smallest absolute Gasteiger partial charge is 0.349 e. The van der Waals surface area contributed by atoms with Crippen molar-refractivity contribution < 1.29 is 18.7 Å². The number of piperazine rings is 1. The standard InChI is InChI=1S/C22H20ClN3O5/c1-30-17-7-2-14-12-18(21(28)31-19(14)13-17)20(27)25-8-10-26(11-9-25)22(29)24-16-5-3-15(23)4-6-16/h2-7,12-13H,8-11H2,1H3,(H,24,29). The summed E-state index contributed by atoms with van der Waals surface area (Å²) < 4.78 is 10.4. The fourth-order valence-electron chi connectivity index (χ4n) is 3.39. The molecule has 3 aromatic rings. The zero-order chi connectivity index (χ0) is 22.0. The van der Waals surface area contributed by atoms with E-state index in [0.717, 1.165) is 0 Å². The lowest BCUT2D eigenvalue weighted by Crippen LogP contribution is -2.52. The maximum atomic E-state index is 12.9. The highest BCUT2D eigenvalue weighted by Crippen LogP contribution is 2.21. The Morgan fingerprint density at radius 1 is 1.00 bits per heavy atom. The predicted octanol–water partition coefficient (Wildman–Crippen LogP) is 3.44. The van der Waals surface area contributed by atoms with Crippen molar-refractivity contribution in [2.24, 2.45) is 0 Å². The molecule has 1 fully saturated rings. The third-order valence-corrected chi connectivity index (χ3v) is 5.38. The Hall–Kier alpha value is -3.52. The first-order valence-electron chi connectivity index (χ1n) is 9.67. The third kappa shape index (κ3) is 4.49. The molecule has 160 valence electrons. The fourth-order valence-corrected chi connectivity index (χ4v) is 3.51. The zero-order valence-corrected chi connectivity index (χ0v) is 17.5. The molecule has 0 atom stereocenters. The van der Waals surface area contributed by atoms with Crippen LogP contribution in [0.2, 0.25) is 5.02 Å². The highest BCUT2D eigenvalue weighted by Gasteiger charge is 2.27. The molecule has 8 nitrogen and oxygen atoms in total. The largest absolute Gasteiger partial charge is 0.497 e. The van der Waals surface area contributed by atoms with Crippen molar-refractivity contribution in [3.63, 3.8) is 0 Å². The van der Waals surface area contributed by atoms with Gasteiger partial charge in [0, 0.05) is 48.3 Å². The van der Waals surface area contributed by atoms with Crippen LogP contribution in [-0.4, -0.2) is 55.0 Å². The summed E-state index contributed by atoms with van der Waals surface area (Å²) in [6.07, 6.45) is 0. The number of carbonyl (C=O) groups excluding carboxylic acids is 2. The molecule has 0 unspecified atom stereocenters. The molecule has 0 radical (unpaired) electrons. The lowest BCUT2D eigenvalue weighted by Gasteiger charge is -2.34. The number of methoxy groups -OCH3 is 1. The summed E-state index contributed by atoms with van der Waals surface area (Å²) >= 11 is 5.85. The van der Waals surface area contributed by atoms with Gasteiger partial charge in [0.25, 0.3) is 5.91 Å². The van der Waals surface area contributed by atoms with E-state index in [0.29, 0.717) is 53.6 Å². The molecule has 0 bridgehead atoms. The van der Waals surface area contributed by atoms with Crippen LogP contribution in [0.15, 0.2) is 57.7 Å². The summed E-state index contributed by atoms with van der Waals surface area (Å²) in [7, 11) is 1.52. The van der Waals surface area contributed by atoms with Gasteiger partial charge >= 0.3 is 11.7 Å². The van der Waals surface area contributed by atoms with E-state index in [2.05, 4.69) is 5.32 Å². The van der Waals surface area contributed by atoms with Crippen molar-refractivity contribution in [2.75, 3.05) is 38.6 Å². The number of hydrogen-bond donors (Lipinski definition) is 1. The van der Waals surface area contributed by atoms with E-state index < -0.39 is 11.5 Å². The Morgan fingerprint density at radius 2 is 1.68 bits per heavy atom. The first-order chi connectivity index (χ1) is 14.9. The summed E-state index contributed by atoms with van der Waals surface area (Å²) in [4.78, 5) is 40.9. The number of hydrogen-bond acceptors (Lipinski definition) is 5. The summed E-state index contributed by atoms with van der Waals surface area (Å²) in [6, 6.07) is 13.2. The second kappa shape index (κ2) is 8.69. The molecule has 2 heterocycles. The second-order valence-electron chi connectivity index (χ2n) is 7.07. The molecule has 0 aliphatic carbocycles. The quantitative estimate of drug-likeness (QED) is 0.628. The molecule has 3 amide bonds. The van der Waals surface area contributed by atoms with Crippen molar-refractivity contribution in [2.45, 2.75) is 0 Å². The van der Waals surface area contributed by atoms with E-state index in [1.54, 1.807) is 52.3 Å². The molecule has 1 saturated heterocycles. The molecule has 1 aliphatic rings. The van der Waals surface area contributed by atoms with Crippen molar-refractivity contribution in [1.82, 2.24) is 9.80 Å². The number of amides is 3. The van der Waals surface area contributed by atoms with Crippen LogP contribution in [0.4, 0.5) is 10.5 Å². The van der Waals surface area contributed by atoms with E-state index in [1.165, 1.54) is 13.2 Å². The van der Waals surface area contributed by atoms with Crippen LogP contribution in [0.25, 0.3) is 11.0 Å². The molecule has 9 heteroatoms. The van der Waals surface area contributed by atoms with E-state index in [1.807, 2.05) is 0 Å². The van der Waals surface area contributed by atoms with Gasteiger partial charge in [-0.2, -0.15) is 0 Å². The second-order valence-corrected chi connectivity index (χ2v) is 7.50. The maximum absolute atomic E-state index is 12.9. The summed E-state index contributed by atoms with van der Waals surface area (Å²) in [6.45, 7) is 1.32. The number of carbonyl (C=O) groups is 2. The topological polar surface area (TPSA) is 92.1 Å². The maximum Gasteiger partial charge on any atom is 0.349 e. The van der Waals surface area contributed by atoms with Crippen LogP contribution in [-0.2, 0) is 0 Å². The average molecular weight is 442 g/mol. The SMILES string of the molecule is COc1ccc2cc(C(=O)N3CCN(C(=O)Nc4ccc(Cl)cc4)CC3)c(=O)oc2c1. The van der Waals surface area contributed by atoms with E-state index in [4.69, 9.17) is 20.8 Å². The van der Waals surface area contributed by atoms with Gasteiger partial charge in [-0.05, 0) is 42.5 Å². The van der Waals surface area contributed by atoms with Gasteiger partial charge in [-0.3, -0.25) is 4.79 Å². The van der Waals surface area contributed by atoms with E-state index in [9.17, 15) is 14.4 Å². The minimum atomic E-state index is -0.700. The molecule has 1 aliphatic heterocycles. The molecule has 4 rings (SSSR count). The zero-order valence-electron chi connectivity index (χ0n) is 16.8. The summed E-state index contributed by atoms with van der Waals surface area (Å²) in [5.74, 6) is 0.145. The van der Waals surface area contributed by atoms with Crippen LogP contribution in [0, 0.1) is 0 Å². The van der Waals surface area contributed by atoms with Crippen molar-refractivity contribution >= 4 is 40.2 Å². The number of nitrogens with zero attached hydrogens (tertiary/aromatic N) is 2. The number of urea groups is 1. The minimum absolute atomic E-state index is 0.0308. The van der Waals surface area contributed by atoms with Gasteiger partial charge < -0.3 is 24.3 Å². The number of benzene rings is 2. The molecule has 2 aromatic carbocycles. The minimum Gasteiger partial charge on any atom is -0.497 e. The number of nitrogens with one attached hydrogen (secondary N) is 1. The van der Waals surface area contributed by atoms with Crippen LogP contribution >= 0.6 is 11.6 Å². The van der Waals surface area contributed by atoms with Gasteiger partial charge in [0.2, 0.25) is 0 Å². The van der Waals surface area contributed by atoms with Gasteiger partial charge in [0.05, 0.1) is 7.11 Å². The van der Waals surface area contributed by atoms with Crippen LogP contribution < -0.4 is 15.7 Å². The monoisotopic (exact) mass is 441 g/mol. The Labute approximate surface area is 182 Å². The first kappa shape index (κ1) is 20.7. The van der Waals surface area contributed by atoms with Gasteiger partial charge in [-0.15, -0.1) is 0 Å². The molecule has 31 heavy (non-hydrogen) atoms. The molecule has 0 saturated carbocycles. The van der Waals surface area contributed by atoms with Crippen molar-refractivity contribution in [3.05, 3.63) is 69.5 Å². The summed E-state index contributed by atoms with van der Waals surface area (Å²) in [5, 5.41) is 4.02. The predicted molar refractivity (Wildman–Crippen MR) is 117 cm³/mol. The molecule has 0 spiro atoms. The van der Waals surface area contributed by atoms with E-state index >= 15 is 0 Å².